The lowest BCUT2D eigenvalue weighted by atomic mass is 10.2. The zero-order chi connectivity index (χ0) is 13.5. The van der Waals surface area contributed by atoms with E-state index in [0.29, 0.717) is 18.8 Å². The van der Waals surface area contributed by atoms with Crippen LogP contribution in [-0.4, -0.2) is 25.3 Å². The molecule has 0 N–H and O–H groups in total. The molecule has 7 nitrogen and oxygen atoms in total. The number of rotatable bonds is 6. The molecule has 0 atom stereocenters. The number of methoxy groups -OCH3 is 2. The monoisotopic (exact) mass is 252 g/mol. The van der Waals surface area contributed by atoms with Crippen LogP contribution in [0, 0.1) is 6.92 Å². The van der Waals surface area contributed by atoms with E-state index in [9.17, 15) is 4.79 Å². The van der Waals surface area contributed by atoms with Gasteiger partial charge in [0, 0.05) is 36.9 Å². The van der Waals surface area contributed by atoms with Crippen molar-refractivity contribution in [3.05, 3.63) is 38.1 Å². The molecule has 1 rings (SSSR count). The number of aromatic nitrogens is 1. The second kappa shape index (κ2) is 6.68. The van der Waals surface area contributed by atoms with Crippen LogP contribution < -0.4 is 10.2 Å². The van der Waals surface area contributed by atoms with Crippen molar-refractivity contribution in [3.8, 4) is 5.75 Å². The summed E-state index contributed by atoms with van der Waals surface area (Å²) in [6.45, 7) is 2.86. The predicted molar refractivity (Wildman–Crippen MR) is 66.7 cm³/mol. The van der Waals surface area contributed by atoms with Gasteiger partial charge in [0.05, 0.1) is 19.4 Å². The van der Waals surface area contributed by atoms with Crippen molar-refractivity contribution in [2.45, 2.75) is 20.1 Å². The van der Waals surface area contributed by atoms with Crippen molar-refractivity contribution in [2.24, 2.45) is 5.11 Å². The molecule has 0 amide bonds. The molecule has 1 aromatic heterocycles. The fourth-order valence-corrected chi connectivity index (χ4v) is 1.81. The molecule has 0 radical (unpaired) electrons. The summed E-state index contributed by atoms with van der Waals surface area (Å²) in [6, 6.07) is 1.49. The second-order valence-electron chi connectivity index (χ2n) is 3.67. The highest BCUT2D eigenvalue weighted by Crippen LogP contribution is 2.16. The Morgan fingerprint density at radius 3 is 2.78 bits per heavy atom. The Labute approximate surface area is 105 Å². The van der Waals surface area contributed by atoms with Crippen LogP contribution in [-0.2, 0) is 17.9 Å². The lowest BCUT2D eigenvalue weighted by Crippen LogP contribution is -2.20. The third-order valence-electron chi connectivity index (χ3n) is 2.55. The highest BCUT2D eigenvalue weighted by atomic mass is 16.5. The maximum Gasteiger partial charge on any atom is 0.224 e. The number of hydrogen-bond acceptors (Lipinski definition) is 4. The minimum absolute atomic E-state index is 0.179. The van der Waals surface area contributed by atoms with E-state index < -0.39 is 0 Å². The second-order valence-corrected chi connectivity index (χ2v) is 3.67. The van der Waals surface area contributed by atoms with Gasteiger partial charge in [0.2, 0.25) is 5.43 Å². The van der Waals surface area contributed by atoms with E-state index in [-0.39, 0.29) is 17.8 Å². The van der Waals surface area contributed by atoms with Crippen molar-refractivity contribution in [3.63, 3.8) is 0 Å². The average Bonchev–Trinajstić information content (AvgIpc) is 2.33. The molecular weight excluding hydrogens is 236 g/mol. The Morgan fingerprint density at radius 2 is 2.22 bits per heavy atom. The molecule has 18 heavy (non-hydrogen) atoms. The van der Waals surface area contributed by atoms with Gasteiger partial charge in [-0.15, -0.1) is 0 Å². The molecule has 0 fully saturated rings. The summed E-state index contributed by atoms with van der Waals surface area (Å²) in [7, 11) is 2.99. The summed E-state index contributed by atoms with van der Waals surface area (Å²) < 4.78 is 12.1. The summed E-state index contributed by atoms with van der Waals surface area (Å²) in [5.41, 5.74) is 9.53. The Hall–Kier alpha value is -1.98. The van der Waals surface area contributed by atoms with Crippen LogP contribution in [0.4, 0.5) is 0 Å². The van der Waals surface area contributed by atoms with E-state index in [1.165, 1.54) is 13.2 Å². The first-order valence-corrected chi connectivity index (χ1v) is 5.42. The topological polar surface area (TPSA) is 89.2 Å². The van der Waals surface area contributed by atoms with Crippen LogP contribution in [0.1, 0.15) is 11.4 Å². The molecule has 0 saturated heterocycles. The van der Waals surface area contributed by atoms with Crippen LogP contribution in [0.15, 0.2) is 16.0 Å². The number of pyridine rings is 1. The van der Waals surface area contributed by atoms with E-state index >= 15 is 0 Å². The molecule has 0 saturated carbocycles. The highest BCUT2D eigenvalue weighted by molar-refractivity contribution is 5.30. The smallest absolute Gasteiger partial charge is 0.224 e. The lowest BCUT2D eigenvalue weighted by Gasteiger charge is -2.18. The van der Waals surface area contributed by atoms with Crippen LogP contribution in [0.25, 0.3) is 10.4 Å². The summed E-state index contributed by atoms with van der Waals surface area (Å²) in [4.78, 5) is 14.5. The van der Waals surface area contributed by atoms with Crippen LogP contribution in [0.2, 0.25) is 0 Å². The molecule has 0 aromatic carbocycles. The van der Waals surface area contributed by atoms with Gasteiger partial charge in [-0.3, -0.25) is 4.79 Å². The molecule has 0 unspecified atom stereocenters. The van der Waals surface area contributed by atoms with Crippen molar-refractivity contribution < 1.29 is 9.47 Å². The number of azide groups is 1. The average molecular weight is 252 g/mol. The summed E-state index contributed by atoms with van der Waals surface area (Å²) in [6.07, 6.45) is 0. The van der Waals surface area contributed by atoms with Gasteiger partial charge in [-0.2, -0.15) is 0 Å². The van der Waals surface area contributed by atoms with Gasteiger partial charge in [-0.05, 0) is 12.5 Å². The van der Waals surface area contributed by atoms with E-state index in [2.05, 4.69) is 10.0 Å². The summed E-state index contributed by atoms with van der Waals surface area (Å²) in [5.74, 6) is 0.267. The summed E-state index contributed by atoms with van der Waals surface area (Å²) in [5, 5.41) is 3.49. The molecule has 0 aliphatic carbocycles. The first kappa shape index (κ1) is 14.1. The first-order valence-electron chi connectivity index (χ1n) is 5.42. The fourth-order valence-electron chi connectivity index (χ4n) is 1.81. The van der Waals surface area contributed by atoms with Crippen molar-refractivity contribution in [2.75, 3.05) is 20.8 Å². The molecule has 0 spiro atoms. The molecule has 0 aliphatic heterocycles. The molecule has 0 aliphatic rings. The van der Waals surface area contributed by atoms with Crippen molar-refractivity contribution in [1.29, 1.82) is 0 Å². The third kappa shape index (κ3) is 3.03. The summed E-state index contributed by atoms with van der Waals surface area (Å²) >= 11 is 0. The normalized spacial score (nSPS) is 9.94. The zero-order valence-electron chi connectivity index (χ0n) is 10.7. The van der Waals surface area contributed by atoms with E-state index in [4.69, 9.17) is 15.0 Å². The highest BCUT2D eigenvalue weighted by Gasteiger charge is 2.13. The lowest BCUT2D eigenvalue weighted by molar-refractivity contribution is 0.172. The molecule has 1 aromatic rings. The number of nitrogens with zero attached hydrogens (tertiary/aromatic N) is 4. The molecule has 1 heterocycles. The Kier molecular flexibility index (Phi) is 5.23. The van der Waals surface area contributed by atoms with Gasteiger partial charge >= 0.3 is 0 Å². The van der Waals surface area contributed by atoms with Gasteiger partial charge in [0.1, 0.15) is 0 Å². The molecule has 0 bridgehead atoms. The quantitative estimate of drug-likeness (QED) is 0.437. The largest absolute Gasteiger partial charge is 0.491 e. The number of aryl methyl sites for hydroxylation is 1. The van der Waals surface area contributed by atoms with Gasteiger partial charge < -0.3 is 14.0 Å². The third-order valence-corrected chi connectivity index (χ3v) is 2.55. The Balaban J connectivity index is 3.27. The van der Waals surface area contributed by atoms with Gasteiger partial charge in [-0.25, -0.2) is 0 Å². The maximum atomic E-state index is 11.8. The minimum Gasteiger partial charge on any atom is -0.491 e. The predicted octanol–water partition coefficient (Wildman–Crippen LogP) is 1.62. The maximum absolute atomic E-state index is 11.8. The van der Waals surface area contributed by atoms with Gasteiger partial charge in [0.25, 0.3) is 0 Å². The SMILES string of the molecule is COCc1c(OC)c(=O)cc(C)n1CCN=[N+]=[N-]. The Morgan fingerprint density at radius 1 is 1.50 bits per heavy atom. The number of hydrogen-bond donors (Lipinski definition) is 0. The van der Waals surface area contributed by atoms with Crippen molar-refractivity contribution >= 4 is 0 Å². The molecule has 7 heteroatoms. The van der Waals surface area contributed by atoms with Crippen LogP contribution in [0.3, 0.4) is 0 Å². The van der Waals surface area contributed by atoms with Crippen molar-refractivity contribution in [1.82, 2.24) is 4.57 Å². The van der Waals surface area contributed by atoms with E-state index in [1.54, 1.807) is 7.11 Å². The van der Waals surface area contributed by atoms with Crippen LogP contribution >= 0.6 is 0 Å². The van der Waals surface area contributed by atoms with Gasteiger partial charge in [-0.1, -0.05) is 5.11 Å². The standard InChI is InChI=1S/C11H16N4O3/c1-8-6-10(16)11(18-3)9(7-17-2)15(8)5-4-13-14-12/h6H,4-5,7H2,1-3H3. The number of ether oxygens (including phenoxy) is 2. The molecule has 98 valence electrons. The minimum atomic E-state index is -0.179. The van der Waals surface area contributed by atoms with Gasteiger partial charge in [0.15, 0.2) is 5.75 Å². The Bertz CT molecular complexity index is 518. The zero-order valence-corrected chi connectivity index (χ0v) is 10.7. The first-order chi connectivity index (χ1) is 8.65. The van der Waals surface area contributed by atoms with Crippen LogP contribution in [0.5, 0.6) is 5.75 Å². The molecular formula is C11H16N4O3. The van der Waals surface area contributed by atoms with E-state index in [1.807, 2.05) is 11.5 Å². The fraction of sp³-hybridized carbons (Fsp3) is 0.545. The van der Waals surface area contributed by atoms with E-state index in [0.717, 1.165) is 5.69 Å².